The molecule has 3 aliphatic heterocycles. The molecular weight excluding hydrogens is 795 g/mol. The van der Waals surface area contributed by atoms with Crippen molar-refractivity contribution in [3.8, 4) is 10.6 Å². The zero-order valence-corrected chi connectivity index (χ0v) is 37.2. The summed E-state index contributed by atoms with van der Waals surface area (Å²) < 4.78 is 32.1. The number of pyridine rings is 1. The van der Waals surface area contributed by atoms with Crippen LogP contribution in [0.2, 0.25) is 0 Å². The van der Waals surface area contributed by atoms with Crippen molar-refractivity contribution < 1.29 is 53.1 Å². The molecule has 17 heteroatoms. The number of Topliss-reactive ketones (excluding diaryl/α,β-unsaturated/α-hetero) is 1. The highest BCUT2D eigenvalue weighted by molar-refractivity contribution is 7.15. The van der Waals surface area contributed by atoms with Crippen molar-refractivity contribution in [3.05, 3.63) is 35.2 Å². The lowest BCUT2D eigenvalue weighted by Gasteiger charge is -2.44. The molecule has 3 aliphatic rings. The van der Waals surface area contributed by atoms with Gasteiger partial charge in [0.05, 0.1) is 48.2 Å². The molecule has 0 aliphatic carbocycles. The second kappa shape index (κ2) is 20.5. The number of rotatable bonds is 8. The first-order chi connectivity index (χ1) is 28.3. The van der Waals surface area contributed by atoms with Crippen molar-refractivity contribution in [2.45, 2.75) is 136 Å². The fourth-order valence-electron chi connectivity index (χ4n) is 8.49. The first-order valence-corrected chi connectivity index (χ1v) is 21.6. The number of hydrogen-bond donors (Lipinski definition) is 3. The minimum atomic E-state index is -1.85. The molecule has 0 saturated carbocycles. The number of likely N-dealkylation sites (N-methyl/N-ethyl adjacent to an activating group) is 1. The Morgan fingerprint density at radius 1 is 1.07 bits per heavy atom. The number of thiophene rings is 1. The minimum Gasteiger partial charge on any atom is -0.459 e. The number of ether oxygens (including phenoxy) is 5. The predicted molar refractivity (Wildman–Crippen MR) is 226 cm³/mol. The number of cyclic esters (lactones) is 1. The smallest absolute Gasteiger partial charge is 0.316 e. The monoisotopic (exact) mass is 857 g/mol. The number of esters is 1. The molecule has 0 radical (unpaired) electrons. The predicted octanol–water partition coefficient (Wildman–Crippen LogP) is 4.44. The molecule has 16 nitrogen and oxygen atoms in total. The van der Waals surface area contributed by atoms with Gasteiger partial charge in [0.15, 0.2) is 18.7 Å². The number of aromatic nitrogens is 1. The zero-order valence-electron chi connectivity index (χ0n) is 36.4. The molecule has 1 amide bonds. The van der Waals surface area contributed by atoms with E-state index in [1.165, 1.54) is 32.1 Å². The van der Waals surface area contributed by atoms with E-state index in [9.17, 15) is 24.6 Å². The molecule has 4 N–H and O–H groups in total. The molecule has 3 fully saturated rings. The standard InChI is InChI=1S/C43H63N5O11S/c1-11-34-43(8,53)40-24(4)36(45-27(7)49)22(2)17-32(54-19-28(20-55-40)47-56-21-29-15-16-33(60-29)30-13-12-14-35(44)46-30)39(25(5)37(50)26(6)41(52)58-34)59-42-38(51)31(48(9)10)18-23(3)57-42/h12-16,22-26,31-32,34,38-40,42,51,53H,11,17-21H2,1-10H3,(H2,44,46)/b45-36?,47-28-/t22-,23-,24+,25+,26-,31+,32-,34-,38-,39-,40+,42+,43-/m1/s1. The Morgan fingerprint density at radius 2 is 1.78 bits per heavy atom. The summed E-state index contributed by atoms with van der Waals surface area (Å²) in [4.78, 5) is 59.4. The van der Waals surface area contributed by atoms with E-state index in [0.29, 0.717) is 23.7 Å². The number of hydrogen-bond acceptors (Lipinski definition) is 16. The van der Waals surface area contributed by atoms with Gasteiger partial charge in [-0.1, -0.05) is 38.9 Å². The van der Waals surface area contributed by atoms with Crippen molar-refractivity contribution in [1.82, 2.24) is 9.88 Å². The Kier molecular flexibility index (Phi) is 16.2. The van der Waals surface area contributed by atoms with Gasteiger partial charge in [-0.15, -0.1) is 11.3 Å². The second-order valence-electron chi connectivity index (χ2n) is 16.9. The van der Waals surface area contributed by atoms with Crippen LogP contribution in [0.15, 0.2) is 40.5 Å². The summed E-state index contributed by atoms with van der Waals surface area (Å²) in [5, 5.41) is 28.5. The van der Waals surface area contributed by atoms with Crippen molar-refractivity contribution in [2.75, 3.05) is 33.0 Å². The molecule has 13 atom stereocenters. The molecule has 2 aromatic heterocycles. The van der Waals surface area contributed by atoms with Gasteiger partial charge in [-0.3, -0.25) is 14.4 Å². The third kappa shape index (κ3) is 11.2. The van der Waals surface area contributed by atoms with Crippen LogP contribution in [-0.4, -0.2) is 131 Å². The Balaban J connectivity index is 1.60. The lowest BCUT2D eigenvalue weighted by molar-refractivity contribution is -0.284. The molecule has 0 spiro atoms. The average molecular weight is 858 g/mol. The molecule has 3 saturated heterocycles. The van der Waals surface area contributed by atoms with Crippen molar-refractivity contribution in [2.24, 2.45) is 33.8 Å². The van der Waals surface area contributed by atoms with Crippen LogP contribution in [0.25, 0.3) is 10.6 Å². The number of aliphatic imine (C=N–C) groups is 1. The van der Waals surface area contributed by atoms with Crippen LogP contribution in [0.1, 0.15) is 79.5 Å². The van der Waals surface area contributed by atoms with Crippen LogP contribution in [0.3, 0.4) is 0 Å². The van der Waals surface area contributed by atoms with Crippen LogP contribution in [0.4, 0.5) is 5.82 Å². The number of amides is 1. The Morgan fingerprint density at radius 3 is 2.45 bits per heavy atom. The lowest BCUT2D eigenvalue weighted by Crippen LogP contribution is -2.58. The molecule has 2 aromatic rings. The second-order valence-corrected chi connectivity index (χ2v) is 18.0. The highest BCUT2D eigenvalue weighted by Gasteiger charge is 2.50. The number of aliphatic hydroxyl groups excluding tert-OH is 1. The molecule has 5 heterocycles. The molecule has 0 unspecified atom stereocenters. The largest absolute Gasteiger partial charge is 0.459 e. The number of nitrogen functional groups attached to an aromatic ring is 1. The number of carbonyl (C=O) groups excluding carboxylic acids is 3. The van der Waals surface area contributed by atoms with Crippen molar-refractivity contribution in [3.63, 3.8) is 0 Å². The first-order valence-electron chi connectivity index (χ1n) is 20.8. The summed E-state index contributed by atoms with van der Waals surface area (Å²) in [5.41, 5.74) is 5.52. The van der Waals surface area contributed by atoms with Crippen molar-refractivity contribution in [1.29, 1.82) is 0 Å². The fourth-order valence-corrected chi connectivity index (χ4v) is 9.37. The van der Waals surface area contributed by atoms with E-state index < -0.39 is 83.7 Å². The van der Waals surface area contributed by atoms with Gasteiger partial charge < -0.3 is 49.4 Å². The molecule has 60 heavy (non-hydrogen) atoms. The summed E-state index contributed by atoms with van der Waals surface area (Å²) >= 11 is 1.48. The highest BCUT2D eigenvalue weighted by atomic mass is 32.1. The fraction of sp³-hybridized carbons (Fsp3) is 0.674. The van der Waals surface area contributed by atoms with E-state index in [4.69, 9.17) is 34.3 Å². The summed E-state index contributed by atoms with van der Waals surface area (Å²) in [6, 6.07) is 8.96. The number of nitrogens with zero attached hydrogens (tertiary/aromatic N) is 4. The third-order valence-electron chi connectivity index (χ3n) is 11.8. The van der Waals surface area contributed by atoms with Gasteiger partial charge in [-0.2, -0.15) is 0 Å². The van der Waals surface area contributed by atoms with Crippen LogP contribution >= 0.6 is 11.3 Å². The quantitative estimate of drug-likeness (QED) is 0.190. The van der Waals surface area contributed by atoms with Gasteiger partial charge in [0.25, 0.3) is 0 Å². The molecular formula is C43H63N5O11S. The normalized spacial score (nSPS) is 36.4. The SMILES string of the molecule is CC[C@H]1OC(=O)[C@H](C)C(=O)[C@H](C)[C@@H](O[C@@H]2O[C@H](C)C[C@H](N(C)C)[C@H]2O)[C@H]2C[C@@H](C)C(=NC(C)=O)[C@H](C)[C@H](OC/C(=N\OCc3ccc(-c4cccc(N)n4)s3)CO2)[C@]1(C)O. The van der Waals surface area contributed by atoms with Gasteiger partial charge >= 0.3 is 5.97 Å². The van der Waals surface area contributed by atoms with E-state index in [0.717, 1.165) is 15.4 Å². The Bertz CT molecular complexity index is 1870. The van der Waals surface area contributed by atoms with Gasteiger partial charge in [0, 0.05) is 35.4 Å². The average Bonchev–Trinajstić information content (AvgIpc) is 3.67. The summed E-state index contributed by atoms with van der Waals surface area (Å²) in [5.74, 6) is -4.81. The highest BCUT2D eigenvalue weighted by Crippen LogP contribution is 2.36. The molecule has 0 aromatic carbocycles. The maximum atomic E-state index is 14.4. The van der Waals surface area contributed by atoms with Crippen LogP contribution in [-0.2, 0) is 49.5 Å². The van der Waals surface area contributed by atoms with E-state index in [1.54, 1.807) is 26.8 Å². The summed E-state index contributed by atoms with van der Waals surface area (Å²) in [7, 11) is 3.73. The Hall–Kier alpha value is -3.68. The van der Waals surface area contributed by atoms with Gasteiger partial charge in [0.1, 0.15) is 35.3 Å². The number of ketones is 1. The van der Waals surface area contributed by atoms with E-state index in [1.807, 2.05) is 57.1 Å². The number of nitrogens with two attached hydrogens (primary N) is 1. The Labute approximate surface area is 356 Å². The first kappa shape index (κ1) is 47.4. The van der Waals surface area contributed by atoms with Crippen LogP contribution < -0.4 is 5.73 Å². The summed E-state index contributed by atoms with van der Waals surface area (Å²) in [6.45, 7) is 13.1. The van der Waals surface area contributed by atoms with Crippen LogP contribution in [0, 0.1) is 23.7 Å². The molecule has 332 valence electrons. The summed E-state index contributed by atoms with van der Waals surface area (Å²) in [6.07, 6.45) is -5.90. The van der Waals surface area contributed by atoms with Crippen molar-refractivity contribution >= 4 is 46.2 Å². The number of oxime groups is 1. The maximum absolute atomic E-state index is 14.4. The zero-order chi connectivity index (χ0) is 44.1. The minimum absolute atomic E-state index is 0.106. The number of carbonyl (C=O) groups is 3. The van der Waals surface area contributed by atoms with Crippen LogP contribution in [0.5, 0.6) is 0 Å². The van der Waals surface area contributed by atoms with E-state index in [2.05, 4.69) is 15.1 Å². The van der Waals surface area contributed by atoms with Gasteiger partial charge in [0.2, 0.25) is 5.91 Å². The molecule has 5 rings (SSSR count). The maximum Gasteiger partial charge on any atom is 0.316 e. The third-order valence-corrected chi connectivity index (χ3v) is 12.9. The van der Waals surface area contributed by atoms with E-state index >= 15 is 0 Å². The number of fused-ring (bicyclic) bond motifs is 5. The van der Waals surface area contributed by atoms with Gasteiger partial charge in [-0.05, 0) is 84.3 Å². The topological polar surface area (TPSA) is 214 Å². The van der Waals surface area contributed by atoms with E-state index in [-0.39, 0.29) is 44.8 Å². The molecule has 2 bridgehead atoms. The van der Waals surface area contributed by atoms with Gasteiger partial charge in [-0.25, -0.2) is 9.98 Å². The number of anilines is 1. The lowest BCUT2D eigenvalue weighted by atomic mass is 9.76. The number of aliphatic hydroxyl groups is 2.